The van der Waals surface area contributed by atoms with Crippen molar-refractivity contribution in [3.8, 4) is 11.5 Å². The van der Waals surface area contributed by atoms with Crippen LogP contribution in [0.25, 0.3) is 0 Å². The average molecular weight is 462 g/mol. The molecule has 0 saturated heterocycles. The molecule has 7 heteroatoms. The maximum atomic E-state index is 12.2. The lowest BCUT2D eigenvalue weighted by atomic mass is 10.1. The van der Waals surface area contributed by atoms with Gasteiger partial charge in [0.1, 0.15) is 11.5 Å². The van der Waals surface area contributed by atoms with Crippen LogP contribution in [0.2, 0.25) is 0 Å². The van der Waals surface area contributed by atoms with Crippen molar-refractivity contribution in [2.24, 2.45) is 0 Å². The Morgan fingerprint density at radius 1 is 0.812 bits per heavy atom. The lowest BCUT2D eigenvalue weighted by molar-refractivity contribution is 0.102. The Kier molecular flexibility index (Phi) is 11.1. The van der Waals surface area contributed by atoms with Gasteiger partial charge in [-0.25, -0.2) is 0 Å². The van der Waals surface area contributed by atoms with E-state index in [2.05, 4.69) is 12.2 Å². The number of rotatable bonds is 15. The molecule has 2 rings (SSSR count). The molecule has 0 saturated carbocycles. The van der Waals surface area contributed by atoms with E-state index in [1.165, 1.54) is 74.9 Å². The first-order valence-electron chi connectivity index (χ1n) is 11.5. The van der Waals surface area contributed by atoms with Gasteiger partial charge < -0.3 is 14.6 Å². The van der Waals surface area contributed by atoms with Gasteiger partial charge in [-0.2, -0.15) is 8.42 Å². The van der Waals surface area contributed by atoms with Crippen LogP contribution >= 0.6 is 0 Å². The molecule has 0 radical (unpaired) electrons. The third-order valence-electron chi connectivity index (χ3n) is 5.21. The lowest BCUT2D eigenvalue weighted by Crippen LogP contribution is -2.14. The molecule has 0 spiro atoms. The van der Waals surface area contributed by atoms with Crippen LogP contribution in [0.4, 0.5) is 5.69 Å². The van der Waals surface area contributed by atoms with Crippen LogP contribution in [-0.4, -0.2) is 25.2 Å². The highest BCUT2D eigenvalue weighted by atomic mass is 32.2. The van der Waals surface area contributed by atoms with Crippen LogP contribution in [0, 0.1) is 0 Å². The molecule has 6 nitrogen and oxygen atoms in total. The van der Waals surface area contributed by atoms with Crippen molar-refractivity contribution in [3.05, 3.63) is 54.1 Å². The monoisotopic (exact) mass is 461 g/mol. The number of benzene rings is 2. The smallest absolute Gasteiger partial charge is 0.309 e. The van der Waals surface area contributed by atoms with Crippen molar-refractivity contribution in [2.45, 2.75) is 71.1 Å². The fourth-order valence-electron chi connectivity index (χ4n) is 3.36. The number of carbonyl (C=O) groups excluding carboxylic acids is 1. The maximum absolute atomic E-state index is 12.2. The lowest BCUT2D eigenvalue weighted by Gasteiger charge is -2.09. The van der Waals surface area contributed by atoms with E-state index in [0.717, 1.165) is 19.3 Å². The summed E-state index contributed by atoms with van der Waals surface area (Å²) in [6.45, 7) is 2.22. The van der Waals surface area contributed by atoms with Crippen molar-refractivity contribution < 1.29 is 22.5 Å². The van der Waals surface area contributed by atoms with Crippen LogP contribution < -0.4 is 9.50 Å². The molecule has 2 aromatic carbocycles. The summed E-state index contributed by atoms with van der Waals surface area (Å²) in [5.74, 6) is -0.0166. The van der Waals surface area contributed by atoms with Crippen LogP contribution in [0.3, 0.4) is 0 Å². The number of nitrogens with one attached hydrogen (secondary N) is 1. The molecule has 1 amide bonds. The van der Waals surface area contributed by atoms with E-state index >= 15 is 0 Å². The highest BCUT2D eigenvalue weighted by Gasteiger charge is 2.13. The fraction of sp³-hybridized carbons (Fsp3) is 0.480. The second kappa shape index (κ2) is 13.8. The molecule has 0 aliphatic heterocycles. The predicted octanol–water partition coefficient (Wildman–Crippen LogP) is 6.27. The zero-order valence-electron chi connectivity index (χ0n) is 18.9. The zero-order valence-corrected chi connectivity index (χ0v) is 19.7. The van der Waals surface area contributed by atoms with Crippen LogP contribution in [0.5, 0.6) is 11.5 Å². The Morgan fingerprint density at radius 3 is 1.91 bits per heavy atom. The number of carbonyl (C=O) groups is 1. The molecular weight excluding hydrogens is 426 g/mol. The highest BCUT2D eigenvalue weighted by Crippen LogP contribution is 2.19. The van der Waals surface area contributed by atoms with Crippen molar-refractivity contribution in [3.63, 3.8) is 0 Å². The van der Waals surface area contributed by atoms with E-state index in [0.29, 0.717) is 17.7 Å². The molecular formula is C25H35NO5S. The van der Waals surface area contributed by atoms with E-state index in [9.17, 15) is 18.3 Å². The molecule has 0 aromatic heterocycles. The van der Waals surface area contributed by atoms with Gasteiger partial charge in [0.05, 0.1) is 5.75 Å². The van der Waals surface area contributed by atoms with Gasteiger partial charge >= 0.3 is 10.1 Å². The molecule has 2 aromatic rings. The summed E-state index contributed by atoms with van der Waals surface area (Å²) in [6.07, 6.45) is 11.4. The number of aromatic hydroxyl groups is 1. The van der Waals surface area contributed by atoms with Gasteiger partial charge in [0.15, 0.2) is 0 Å². The van der Waals surface area contributed by atoms with Gasteiger partial charge in [-0.15, -0.1) is 0 Å². The maximum Gasteiger partial charge on any atom is 0.309 e. The predicted molar refractivity (Wildman–Crippen MR) is 129 cm³/mol. The minimum absolute atomic E-state index is 0.00282. The van der Waals surface area contributed by atoms with Gasteiger partial charge in [-0.3, -0.25) is 4.79 Å². The van der Waals surface area contributed by atoms with Gasteiger partial charge in [0, 0.05) is 11.3 Å². The van der Waals surface area contributed by atoms with E-state index in [1.54, 1.807) is 12.1 Å². The number of unbranched alkanes of at least 4 members (excludes halogenated alkanes) is 9. The molecule has 0 atom stereocenters. The van der Waals surface area contributed by atoms with E-state index in [1.807, 2.05) is 0 Å². The zero-order chi connectivity index (χ0) is 23.2. The Bertz CT molecular complexity index is 908. The number of hydrogen-bond acceptors (Lipinski definition) is 5. The Balaban J connectivity index is 1.67. The van der Waals surface area contributed by atoms with Crippen molar-refractivity contribution in [2.75, 3.05) is 11.1 Å². The van der Waals surface area contributed by atoms with Gasteiger partial charge in [-0.05, 0) is 55.0 Å². The third kappa shape index (κ3) is 10.2. The van der Waals surface area contributed by atoms with E-state index < -0.39 is 10.1 Å². The molecule has 0 fully saturated rings. The Labute approximate surface area is 192 Å². The van der Waals surface area contributed by atoms with Crippen LogP contribution in [0.15, 0.2) is 48.5 Å². The molecule has 0 aliphatic rings. The van der Waals surface area contributed by atoms with Crippen molar-refractivity contribution in [1.82, 2.24) is 0 Å². The van der Waals surface area contributed by atoms with E-state index in [-0.39, 0.29) is 23.2 Å². The molecule has 32 heavy (non-hydrogen) atoms. The normalized spacial score (nSPS) is 11.3. The summed E-state index contributed by atoms with van der Waals surface area (Å²) in [5.41, 5.74) is 0.921. The third-order valence-corrected chi connectivity index (χ3v) is 6.45. The van der Waals surface area contributed by atoms with Crippen molar-refractivity contribution >= 4 is 21.7 Å². The molecule has 2 N–H and O–H groups in total. The molecule has 0 aliphatic carbocycles. The first-order valence-corrected chi connectivity index (χ1v) is 13.1. The molecule has 0 unspecified atom stereocenters. The number of anilines is 1. The minimum Gasteiger partial charge on any atom is -0.508 e. The standard InChI is InChI=1S/C25H35NO5S/c1-2-3-4-5-6-7-8-9-10-11-20-32(29,30)31-24-18-14-22(15-19-24)26-25(28)21-12-16-23(27)17-13-21/h12-19,27H,2-11,20H2,1H3,(H,26,28). The molecule has 0 heterocycles. The molecule has 176 valence electrons. The van der Waals surface area contributed by atoms with Gasteiger partial charge in [0.25, 0.3) is 5.91 Å². The summed E-state index contributed by atoms with van der Waals surface area (Å²) in [4.78, 5) is 12.2. The van der Waals surface area contributed by atoms with E-state index in [4.69, 9.17) is 4.18 Å². The minimum atomic E-state index is -3.64. The summed E-state index contributed by atoms with van der Waals surface area (Å²) in [5, 5.41) is 12.0. The summed E-state index contributed by atoms with van der Waals surface area (Å²) >= 11 is 0. The van der Waals surface area contributed by atoms with Gasteiger partial charge in [0.2, 0.25) is 0 Å². The summed E-state index contributed by atoms with van der Waals surface area (Å²) in [6, 6.07) is 12.1. The second-order valence-electron chi connectivity index (χ2n) is 8.05. The van der Waals surface area contributed by atoms with Crippen LogP contribution in [-0.2, 0) is 10.1 Å². The number of phenols is 1. The van der Waals surface area contributed by atoms with Crippen molar-refractivity contribution in [1.29, 1.82) is 0 Å². The summed E-state index contributed by atoms with van der Waals surface area (Å²) < 4.78 is 29.6. The quantitative estimate of drug-likeness (QED) is 0.241. The van der Waals surface area contributed by atoms with Crippen LogP contribution in [0.1, 0.15) is 81.5 Å². The number of amides is 1. The van der Waals surface area contributed by atoms with Gasteiger partial charge in [-0.1, -0.05) is 64.7 Å². The average Bonchev–Trinajstić information content (AvgIpc) is 2.76. The summed E-state index contributed by atoms with van der Waals surface area (Å²) in [7, 11) is -3.64. The SMILES string of the molecule is CCCCCCCCCCCCS(=O)(=O)Oc1ccc(NC(=O)c2ccc(O)cc2)cc1. The highest BCUT2D eigenvalue weighted by molar-refractivity contribution is 7.87. The fourth-order valence-corrected chi connectivity index (χ4v) is 4.41. The number of phenolic OH excluding ortho intramolecular Hbond substituents is 1. The first-order chi connectivity index (χ1) is 15.4. The molecule has 0 bridgehead atoms. The largest absolute Gasteiger partial charge is 0.508 e. The number of hydrogen-bond donors (Lipinski definition) is 2. The topological polar surface area (TPSA) is 92.7 Å². The Morgan fingerprint density at radius 2 is 1.34 bits per heavy atom. The first kappa shape index (κ1) is 25.7. The Hall–Kier alpha value is -2.54. The second-order valence-corrected chi connectivity index (χ2v) is 9.74.